The first-order chi connectivity index (χ1) is 14.1. The Morgan fingerprint density at radius 2 is 1.84 bits per heavy atom. The number of hydrogen-bond donors (Lipinski definition) is 1. The number of hydrogen-bond acceptors (Lipinski definition) is 4. The number of rotatable bonds is 5. The van der Waals surface area contributed by atoms with E-state index in [1.807, 2.05) is 12.1 Å². The summed E-state index contributed by atoms with van der Waals surface area (Å²) in [5.41, 5.74) is 3.35. The van der Waals surface area contributed by atoms with Gasteiger partial charge in [-0.1, -0.05) is 48.5 Å². The summed E-state index contributed by atoms with van der Waals surface area (Å²) in [6.07, 6.45) is 8.34. The van der Waals surface area contributed by atoms with Crippen LogP contribution in [-0.4, -0.2) is 32.5 Å². The van der Waals surface area contributed by atoms with Crippen LogP contribution in [0.4, 0.5) is 5.69 Å². The van der Waals surface area contributed by atoms with Gasteiger partial charge in [-0.3, -0.25) is 9.29 Å². The highest BCUT2D eigenvalue weighted by Gasteiger charge is 2.35. The number of halogens is 2. The molecule has 0 radical (unpaired) electrons. The Kier molecular flexibility index (Phi) is 7.27. The smallest absolute Gasteiger partial charge is 0.265 e. The maximum atomic E-state index is 13.1. The minimum absolute atomic E-state index is 0. The van der Waals surface area contributed by atoms with Gasteiger partial charge in [-0.2, -0.15) is 0 Å². The first kappa shape index (κ1) is 23.5. The number of anilines is 1. The minimum Gasteiger partial charge on any atom is -0.310 e. The number of nitrogens with zero attached hydrogens (tertiary/aromatic N) is 2. The van der Waals surface area contributed by atoms with Gasteiger partial charge < -0.3 is 5.32 Å². The first-order valence-electron chi connectivity index (χ1n) is 10.0. The molecule has 164 valence electrons. The van der Waals surface area contributed by atoms with Gasteiger partial charge in [0, 0.05) is 36.1 Å². The second-order valence-corrected chi connectivity index (χ2v) is 9.47. The molecule has 0 amide bonds. The van der Waals surface area contributed by atoms with Crippen molar-refractivity contribution in [2.24, 2.45) is 0 Å². The van der Waals surface area contributed by atoms with Crippen molar-refractivity contribution in [3.63, 3.8) is 0 Å². The molecule has 2 aliphatic rings. The number of pyridine rings is 1. The molecular formula is C23H25Cl2N3O2S. The van der Waals surface area contributed by atoms with Gasteiger partial charge in [-0.05, 0) is 36.5 Å². The molecule has 0 bridgehead atoms. The Balaban J connectivity index is 0.00000136. The van der Waals surface area contributed by atoms with E-state index in [1.54, 1.807) is 24.5 Å². The monoisotopic (exact) mass is 477 g/mol. The highest BCUT2D eigenvalue weighted by atomic mass is 35.5. The van der Waals surface area contributed by atoms with Crippen molar-refractivity contribution in [1.82, 2.24) is 10.3 Å². The van der Waals surface area contributed by atoms with Gasteiger partial charge in [0.05, 0.1) is 16.8 Å². The zero-order valence-electron chi connectivity index (χ0n) is 16.9. The Labute approximate surface area is 195 Å². The van der Waals surface area contributed by atoms with E-state index in [0.29, 0.717) is 23.2 Å². The summed E-state index contributed by atoms with van der Waals surface area (Å²) in [6, 6.07) is 16.2. The lowest BCUT2D eigenvalue weighted by Crippen LogP contribution is -2.34. The molecule has 0 spiro atoms. The predicted molar refractivity (Wildman–Crippen MR) is 131 cm³/mol. The molecule has 1 atom stereocenters. The highest BCUT2D eigenvalue weighted by Crippen LogP contribution is 2.41. The number of nitrogens with one attached hydrogen (secondary N) is 1. The van der Waals surface area contributed by atoms with E-state index in [-0.39, 0.29) is 24.8 Å². The third-order valence-corrected chi connectivity index (χ3v) is 7.70. The number of benzene rings is 2. The van der Waals surface area contributed by atoms with Crippen LogP contribution >= 0.6 is 24.8 Å². The molecule has 3 heterocycles. The maximum Gasteiger partial charge on any atom is 0.265 e. The van der Waals surface area contributed by atoms with Crippen LogP contribution in [0.3, 0.4) is 0 Å². The first-order valence-corrected chi connectivity index (χ1v) is 11.5. The predicted octanol–water partition coefficient (Wildman–Crippen LogP) is 4.81. The second kappa shape index (κ2) is 9.57. The maximum absolute atomic E-state index is 13.1. The number of aromatic nitrogens is 1. The fourth-order valence-electron chi connectivity index (χ4n) is 4.42. The fraction of sp³-hybridized carbons (Fsp3) is 0.261. The van der Waals surface area contributed by atoms with E-state index >= 15 is 0 Å². The van der Waals surface area contributed by atoms with E-state index in [9.17, 15) is 8.42 Å². The summed E-state index contributed by atoms with van der Waals surface area (Å²) < 4.78 is 27.7. The molecule has 0 fully saturated rings. The minimum atomic E-state index is -3.49. The summed E-state index contributed by atoms with van der Waals surface area (Å²) in [4.78, 5) is 4.65. The molecule has 0 aliphatic carbocycles. The Bertz CT molecular complexity index is 1190. The molecule has 2 aromatic carbocycles. The van der Waals surface area contributed by atoms with Crippen molar-refractivity contribution in [3.05, 3.63) is 72.6 Å². The third-order valence-electron chi connectivity index (χ3n) is 5.84. The van der Waals surface area contributed by atoms with Gasteiger partial charge >= 0.3 is 0 Å². The molecule has 0 saturated carbocycles. The molecule has 5 nitrogen and oxygen atoms in total. The molecule has 5 rings (SSSR count). The van der Waals surface area contributed by atoms with Crippen molar-refractivity contribution < 1.29 is 8.42 Å². The Morgan fingerprint density at radius 3 is 2.65 bits per heavy atom. The summed E-state index contributed by atoms with van der Waals surface area (Å²) in [7, 11) is -3.49. The highest BCUT2D eigenvalue weighted by molar-refractivity contribution is 7.93. The van der Waals surface area contributed by atoms with E-state index in [2.05, 4.69) is 40.6 Å². The average molecular weight is 478 g/mol. The van der Waals surface area contributed by atoms with Gasteiger partial charge in [0.25, 0.3) is 10.0 Å². The molecule has 3 aromatic rings. The van der Waals surface area contributed by atoms with E-state index in [1.165, 1.54) is 15.4 Å². The average Bonchev–Trinajstić information content (AvgIpc) is 2.98. The van der Waals surface area contributed by atoms with Gasteiger partial charge in [-0.25, -0.2) is 8.42 Å². The molecule has 1 N–H and O–H groups in total. The lowest BCUT2D eigenvalue weighted by atomic mass is 9.93. The zero-order chi connectivity index (χ0) is 19.8. The molecule has 1 aromatic heterocycles. The molecular weight excluding hydrogens is 453 g/mol. The van der Waals surface area contributed by atoms with Crippen molar-refractivity contribution in [1.29, 1.82) is 0 Å². The Morgan fingerprint density at radius 1 is 1.03 bits per heavy atom. The van der Waals surface area contributed by atoms with Crippen LogP contribution in [0.2, 0.25) is 0 Å². The second-order valence-electron chi connectivity index (χ2n) is 7.64. The standard InChI is InChI=1S/C23H23N3O2S.2ClH/c27-29(28)22-10-4-8-19-15-24-16-21(23(19)22)26(29)13-5-9-20-14-18(11-12-25-20)17-6-2-1-3-7-17;;/h1-4,6-8,10-11,15-16,20,25H,5,9,12-14H2;2*1H. The molecule has 2 aliphatic heterocycles. The van der Waals surface area contributed by atoms with Crippen LogP contribution in [0.25, 0.3) is 16.3 Å². The molecule has 8 heteroatoms. The third kappa shape index (κ3) is 4.30. The van der Waals surface area contributed by atoms with Crippen LogP contribution in [0, 0.1) is 0 Å². The van der Waals surface area contributed by atoms with Crippen LogP contribution in [0.1, 0.15) is 24.8 Å². The van der Waals surface area contributed by atoms with Crippen molar-refractivity contribution in [3.8, 4) is 0 Å². The van der Waals surface area contributed by atoms with Gasteiger partial charge in [-0.15, -0.1) is 24.8 Å². The molecule has 31 heavy (non-hydrogen) atoms. The Hall–Kier alpha value is -2.12. The summed E-state index contributed by atoms with van der Waals surface area (Å²) in [6.45, 7) is 1.33. The topological polar surface area (TPSA) is 62.3 Å². The van der Waals surface area contributed by atoms with E-state index in [4.69, 9.17) is 0 Å². The van der Waals surface area contributed by atoms with Crippen molar-refractivity contribution in [2.45, 2.75) is 30.2 Å². The normalized spacial score (nSPS) is 18.8. The van der Waals surface area contributed by atoms with E-state index < -0.39 is 10.0 Å². The zero-order valence-corrected chi connectivity index (χ0v) is 19.3. The quantitative estimate of drug-likeness (QED) is 0.572. The lowest BCUT2D eigenvalue weighted by molar-refractivity contribution is 0.487. The number of sulfonamides is 1. The molecule has 0 saturated heterocycles. The van der Waals surface area contributed by atoms with Gasteiger partial charge in [0.15, 0.2) is 0 Å². The molecule has 1 unspecified atom stereocenters. The lowest BCUT2D eigenvalue weighted by Gasteiger charge is -2.26. The summed E-state index contributed by atoms with van der Waals surface area (Å²) >= 11 is 0. The van der Waals surface area contributed by atoms with Crippen molar-refractivity contribution >= 4 is 56.9 Å². The van der Waals surface area contributed by atoms with Crippen LogP contribution in [0.5, 0.6) is 0 Å². The van der Waals surface area contributed by atoms with Crippen LogP contribution in [-0.2, 0) is 10.0 Å². The van der Waals surface area contributed by atoms with Gasteiger partial charge in [0.1, 0.15) is 0 Å². The summed E-state index contributed by atoms with van der Waals surface area (Å²) in [5, 5.41) is 5.22. The fourth-order valence-corrected chi connectivity index (χ4v) is 6.15. The van der Waals surface area contributed by atoms with E-state index in [0.717, 1.165) is 36.6 Å². The van der Waals surface area contributed by atoms with Crippen LogP contribution in [0.15, 0.2) is 71.9 Å². The summed E-state index contributed by atoms with van der Waals surface area (Å²) in [5.74, 6) is 0. The van der Waals surface area contributed by atoms with Crippen LogP contribution < -0.4 is 9.62 Å². The largest absolute Gasteiger partial charge is 0.310 e. The van der Waals surface area contributed by atoms with Crippen molar-refractivity contribution in [2.75, 3.05) is 17.4 Å². The SMILES string of the molecule is Cl.Cl.O=S1(=O)c2cccc3cncc(c23)N1CCCC1CC(c2ccccc2)=CCN1. The van der Waals surface area contributed by atoms with Gasteiger partial charge in [0.2, 0.25) is 0 Å².